The first-order valence-electron chi connectivity index (χ1n) is 28.5. The van der Waals surface area contributed by atoms with Gasteiger partial charge in [-0.05, 0) is 222 Å². The standard InChI is InChI=1S/C30H35N3O2.C18H27BO2.C18H20BrN3O2/c1-19-13-27-24(14-26(19)31-7)25(23-10-8-9-20-15-30(5,6)12-11-22(20)23)18-33(27)21-16-32(17-21)28(34)35-29(2,3)4;1-16(2)11-10-14-13(12-16)8-7-9-15(14)19-20-17(3,4)18(5,6)21-19;1-11-6-16-13(7-15(11)20-5)14(19)10-22(16)12-8-21(9-12)17(23)24-18(2,3)4/h8-10,13-14,18,21H,11-12,15-17H2,1-6H3;7-9H,10-12H2,1-6H3;6-7,10,12H,8-9H2,1-4H3. The Morgan fingerprint density at radius 3 is 1.55 bits per heavy atom. The first-order valence-corrected chi connectivity index (χ1v) is 29.3. The fourth-order valence-electron chi connectivity index (χ4n) is 11.8. The summed E-state index contributed by atoms with van der Waals surface area (Å²) in [5.41, 5.74) is 14.3. The zero-order chi connectivity index (χ0) is 58.2. The van der Waals surface area contributed by atoms with E-state index in [0.29, 0.717) is 48.4 Å². The molecule has 4 aromatic carbocycles. The number of halogens is 1. The van der Waals surface area contributed by atoms with Gasteiger partial charge in [0.2, 0.25) is 0 Å². The van der Waals surface area contributed by atoms with Crippen LogP contribution in [0.4, 0.5) is 21.0 Å². The van der Waals surface area contributed by atoms with Gasteiger partial charge < -0.3 is 37.7 Å². The van der Waals surface area contributed by atoms with Gasteiger partial charge in [0.25, 0.3) is 0 Å². The van der Waals surface area contributed by atoms with E-state index >= 15 is 0 Å². The second-order valence-electron chi connectivity index (χ2n) is 27.6. The lowest BCUT2D eigenvalue weighted by Crippen LogP contribution is -2.52. The van der Waals surface area contributed by atoms with Crippen molar-refractivity contribution in [2.45, 2.75) is 184 Å². The molecule has 0 unspecified atom stereocenters. The number of likely N-dealkylation sites (tertiary alicyclic amines) is 2. The highest BCUT2D eigenvalue weighted by Gasteiger charge is 2.52. The fourth-order valence-corrected chi connectivity index (χ4v) is 12.3. The molecule has 5 heterocycles. The van der Waals surface area contributed by atoms with Crippen LogP contribution in [0.5, 0.6) is 0 Å². The van der Waals surface area contributed by atoms with Crippen molar-refractivity contribution < 1.29 is 28.4 Å². The van der Waals surface area contributed by atoms with Gasteiger partial charge in [-0.15, -0.1) is 0 Å². The number of carbonyl (C=O) groups is 2. The summed E-state index contributed by atoms with van der Waals surface area (Å²) < 4.78 is 28.9. The highest BCUT2D eigenvalue weighted by atomic mass is 79.9. The van der Waals surface area contributed by atoms with Crippen LogP contribution < -0.4 is 5.46 Å². The van der Waals surface area contributed by atoms with Crippen molar-refractivity contribution >= 4 is 73.9 Å². The number of fused-ring (bicyclic) bond motifs is 4. The quantitative estimate of drug-likeness (QED) is 0.129. The summed E-state index contributed by atoms with van der Waals surface area (Å²) in [6, 6.07) is 21.9. The van der Waals surface area contributed by atoms with Crippen LogP contribution in [0.2, 0.25) is 0 Å². The van der Waals surface area contributed by atoms with Crippen molar-refractivity contribution in [3.8, 4) is 11.1 Å². The SMILES string of the molecule is CC1(C)CCc2c(cccc2B2OC(C)(C)C(C)(C)O2)C1.[C-]#[N+]c1cc2c(-c3cccc4c3CCC(C)(C)C4)cn(C3CN(C(=O)OC(C)(C)C)C3)c2cc1C.[C-]#[N+]c1cc2c(Br)cn(C3CN(C(=O)OC(C)(C)C)C3)c2cc1C. The minimum Gasteiger partial charge on any atom is -0.444 e. The Bertz CT molecular complexity index is 3460. The molecule has 0 spiro atoms. The summed E-state index contributed by atoms with van der Waals surface area (Å²) in [7, 11) is -0.230. The average Bonchev–Trinajstić information content (AvgIpc) is 4.06. The van der Waals surface area contributed by atoms with E-state index in [1.807, 2.05) is 73.7 Å². The van der Waals surface area contributed by atoms with Crippen LogP contribution in [0.3, 0.4) is 0 Å². The molecule has 11 rings (SSSR count). The Kier molecular flexibility index (Phi) is 15.6. The molecule has 5 aliphatic rings. The molecule has 3 fully saturated rings. The van der Waals surface area contributed by atoms with Crippen LogP contribution in [0, 0.1) is 37.8 Å². The fraction of sp³-hybridized carbons (Fsp3) is 0.515. The largest absolute Gasteiger partial charge is 0.495 e. The number of aryl methyl sites for hydroxylation is 2. The summed E-state index contributed by atoms with van der Waals surface area (Å²) in [4.78, 5) is 35.4. The van der Waals surface area contributed by atoms with Crippen LogP contribution >= 0.6 is 15.9 Å². The third-order valence-electron chi connectivity index (χ3n) is 17.1. The molecule has 12 nitrogen and oxygen atoms in total. The van der Waals surface area contributed by atoms with Gasteiger partial charge in [0.15, 0.2) is 11.4 Å². The Labute approximate surface area is 484 Å². The highest BCUT2D eigenvalue weighted by Crippen LogP contribution is 2.45. The lowest BCUT2D eigenvalue weighted by molar-refractivity contribution is 0.000758. The molecular weight excluding hydrogens is 1060 g/mol. The molecule has 2 aromatic heterocycles. The number of amides is 2. The first-order chi connectivity index (χ1) is 37.3. The van der Waals surface area contributed by atoms with Crippen molar-refractivity contribution in [3.05, 3.63) is 134 Å². The van der Waals surface area contributed by atoms with Gasteiger partial charge in [0.1, 0.15) is 11.2 Å². The predicted octanol–water partition coefficient (Wildman–Crippen LogP) is 16.0. The molecule has 0 bridgehead atoms. The number of aromatic nitrogens is 2. The van der Waals surface area contributed by atoms with Crippen molar-refractivity contribution in [2.24, 2.45) is 10.8 Å². The van der Waals surface area contributed by atoms with E-state index in [2.05, 4.69) is 145 Å². The van der Waals surface area contributed by atoms with Gasteiger partial charge in [-0.2, -0.15) is 0 Å². The molecule has 0 radical (unpaired) electrons. The molecule has 3 aliphatic heterocycles. The Hall–Kier alpha value is -6.06. The Morgan fingerprint density at radius 2 is 1.06 bits per heavy atom. The summed E-state index contributed by atoms with van der Waals surface area (Å²) in [6.45, 7) is 50.6. The van der Waals surface area contributed by atoms with E-state index in [-0.39, 0.29) is 42.6 Å². The van der Waals surface area contributed by atoms with E-state index in [1.54, 1.807) is 9.80 Å². The number of hydrogen-bond acceptors (Lipinski definition) is 6. The number of ether oxygens (including phenoxy) is 2. The van der Waals surface area contributed by atoms with E-state index in [1.165, 1.54) is 51.7 Å². The molecular formula is C66H82BBrN6O6. The number of carbonyl (C=O) groups excluding carboxylic acids is 2. The van der Waals surface area contributed by atoms with E-state index in [4.69, 9.17) is 31.9 Å². The summed E-state index contributed by atoms with van der Waals surface area (Å²) in [6.07, 6.45) is 10.6. The van der Waals surface area contributed by atoms with Gasteiger partial charge in [0, 0.05) is 65.0 Å². The van der Waals surface area contributed by atoms with Crippen molar-refractivity contribution in [1.29, 1.82) is 0 Å². The van der Waals surface area contributed by atoms with Crippen molar-refractivity contribution in [3.63, 3.8) is 0 Å². The Balaban J connectivity index is 0.000000151. The maximum absolute atomic E-state index is 12.5. The van der Waals surface area contributed by atoms with Crippen molar-refractivity contribution in [1.82, 2.24) is 18.9 Å². The van der Waals surface area contributed by atoms with Crippen molar-refractivity contribution in [2.75, 3.05) is 26.2 Å². The summed E-state index contributed by atoms with van der Waals surface area (Å²) in [5.74, 6) is 0. The Morgan fingerprint density at radius 1 is 0.625 bits per heavy atom. The molecule has 0 saturated carbocycles. The zero-order valence-corrected chi connectivity index (χ0v) is 51.8. The highest BCUT2D eigenvalue weighted by molar-refractivity contribution is 9.10. The molecule has 80 heavy (non-hydrogen) atoms. The van der Waals surface area contributed by atoms with Crippen LogP contribution in [0.25, 0.3) is 42.6 Å². The van der Waals surface area contributed by atoms with E-state index < -0.39 is 11.2 Å². The minimum absolute atomic E-state index is 0.190. The van der Waals surface area contributed by atoms with Crippen LogP contribution in [0.15, 0.2) is 77.5 Å². The summed E-state index contributed by atoms with van der Waals surface area (Å²) >= 11 is 3.58. The number of hydrogen-bond donors (Lipinski definition) is 0. The van der Waals surface area contributed by atoms with Crippen LogP contribution in [-0.2, 0) is 44.5 Å². The lowest BCUT2D eigenvalue weighted by Gasteiger charge is -2.40. The second kappa shape index (κ2) is 21.4. The van der Waals surface area contributed by atoms with E-state index in [9.17, 15) is 9.59 Å². The number of nitrogens with zero attached hydrogens (tertiary/aromatic N) is 6. The summed E-state index contributed by atoms with van der Waals surface area (Å²) in [5, 5.41) is 2.15. The first kappa shape index (κ1) is 58.6. The number of benzene rings is 4. The monoisotopic (exact) mass is 1140 g/mol. The van der Waals surface area contributed by atoms with Gasteiger partial charge >= 0.3 is 19.3 Å². The second-order valence-corrected chi connectivity index (χ2v) is 28.5. The van der Waals surface area contributed by atoms with Gasteiger partial charge in [-0.25, -0.2) is 19.3 Å². The van der Waals surface area contributed by atoms with Crippen LogP contribution in [0.1, 0.15) is 155 Å². The molecule has 2 amide bonds. The van der Waals surface area contributed by atoms with Gasteiger partial charge in [-0.1, -0.05) is 64.1 Å². The molecule has 6 aromatic rings. The average molecular weight is 1150 g/mol. The third-order valence-corrected chi connectivity index (χ3v) is 17.8. The maximum atomic E-state index is 12.5. The third kappa shape index (κ3) is 12.1. The normalized spacial score (nSPS) is 19.0. The molecule has 2 aliphatic carbocycles. The van der Waals surface area contributed by atoms with Crippen LogP contribution in [-0.4, -0.2) is 86.8 Å². The number of rotatable bonds is 4. The molecule has 3 saturated heterocycles. The van der Waals surface area contributed by atoms with Gasteiger partial charge in [-0.3, -0.25) is 0 Å². The molecule has 422 valence electrons. The van der Waals surface area contributed by atoms with Gasteiger partial charge in [0.05, 0.1) is 36.4 Å². The maximum Gasteiger partial charge on any atom is 0.495 e. The topological polar surface area (TPSA) is 96.1 Å². The molecule has 0 atom stereocenters. The molecule has 14 heteroatoms. The van der Waals surface area contributed by atoms with E-state index in [0.717, 1.165) is 63.1 Å². The predicted molar refractivity (Wildman–Crippen MR) is 326 cm³/mol. The minimum atomic E-state index is -0.496. The lowest BCUT2D eigenvalue weighted by atomic mass is 9.67. The zero-order valence-electron chi connectivity index (χ0n) is 50.2. The smallest absolute Gasteiger partial charge is 0.444 e. The molecule has 0 N–H and O–H groups in total.